The molecule has 2 nitrogen and oxygen atoms in total. The van der Waals surface area contributed by atoms with Gasteiger partial charge in [-0.15, -0.1) is 0 Å². The predicted octanol–water partition coefficient (Wildman–Crippen LogP) is 5.26. The number of hydrogen-bond donors (Lipinski definition) is 0. The smallest absolute Gasteiger partial charge is 0.226 e. The van der Waals surface area contributed by atoms with E-state index in [0.29, 0.717) is 5.91 Å². The number of carbonyl (C=O) groups is 1. The molecule has 0 radical (unpaired) electrons. The molecular weight excluding hydrogens is 350 g/mol. The highest BCUT2D eigenvalue weighted by Crippen LogP contribution is 2.31. The van der Waals surface area contributed by atoms with E-state index < -0.39 is 0 Å². The zero-order valence-electron chi connectivity index (χ0n) is 14.0. The number of benzene rings is 1. The molecule has 1 heterocycles. The summed E-state index contributed by atoms with van der Waals surface area (Å²) in [7, 11) is 0. The zero-order valence-corrected chi connectivity index (χ0v) is 15.6. The van der Waals surface area contributed by atoms with Crippen LogP contribution in [0.3, 0.4) is 0 Å². The summed E-state index contributed by atoms with van der Waals surface area (Å²) < 4.78 is 0. The third kappa shape index (κ3) is 4.37. The van der Waals surface area contributed by atoms with Gasteiger partial charge < -0.3 is 4.90 Å². The molecule has 0 atom stereocenters. The van der Waals surface area contributed by atoms with Crippen LogP contribution < -0.4 is 4.90 Å². The molecule has 0 N–H and O–H groups in total. The first-order valence-electron chi connectivity index (χ1n) is 9.26. The van der Waals surface area contributed by atoms with Crippen molar-refractivity contribution in [2.24, 2.45) is 5.92 Å². The summed E-state index contributed by atoms with van der Waals surface area (Å²) in [5.41, 5.74) is 3.90. The van der Waals surface area contributed by atoms with Crippen LogP contribution in [-0.2, 0) is 17.6 Å². The van der Waals surface area contributed by atoms with Gasteiger partial charge in [0.2, 0.25) is 5.91 Å². The van der Waals surface area contributed by atoms with Crippen LogP contribution in [0.4, 0.5) is 5.69 Å². The van der Waals surface area contributed by atoms with Gasteiger partial charge in [0.15, 0.2) is 0 Å². The monoisotopic (exact) mass is 377 g/mol. The number of carbonyl (C=O) groups excluding carboxylic acids is 1. The van der Waals surface area contributed by atoms with Gasteiger partial charge in [-0.2, -0.15) is 0 Å². The van der Waals surface area contributed by atoms with Crippen molar-refractivity contribution in [3.05, 3.63) is 29.3 Å². The molecule has 126 valence electrons. The average Bonchev–Trinajstić information content (AvgIpc) is 2.60. The molecule has 23 heavy (non-hydrogen) atoms. The van der Waals surface area contributed by atoms with Crippen molar-refractivity contribution in [2.75, 3.05) is 16.8 Å². The van der Waals surface area contributed by atoms with Crippen molar-refractivity contribution >= 4 is 27.5 Å². The van der Waals surface area contributed by atoms with Crippen LogP contribution in [0.15, 0.2) is 18.2 Å². The first-order valence-corrected chi connectivity index (χ1v) is 10.4. The lowest BCUT2D eigenvalue weighted by Crippen LogP contribution is -2.35. The Morgan fingerprint density at radius 3 is 2.78 bits per heavy atom. The third-order valence-electron chi connectivity index (χ3n) is 5.44. The fraction of sp³-hybridized carbons (Fsp3) is 0.650. The first-order chi connectivity index (χ1) is 11.3. The third-order valence-corrected chi connectivity index (χ3v) is 5.83. The van der Waals surface area contributed by atoms with E-state index in [4.69, 9.17) is 0 Å². The number of rotatable bonds is 5. The van der Waals surface area contributed by atoms with E-state index in [9.17, 15) is 4.79 Å². The quantitative estimate of drug-likeness (QED) is 0.640. The summed E-state index contributed by atoms with van der Waals surface area (Å²) in [5, 5.41) is 0.996. The van der Waals surface area contributed by atoms with Gasteiger partial charge in [-0.25, -0.2) is 0 Å². The Hall–Kier alpha value is -0.830. The Bertz CT molecular complexity index is 536. The van der Waals surface area contributed by atoms with Gasteiger partial charge in [0.1, 0.15) is 0 Å². The molecule has 0 spiro atoms. The van der Waals surface area contributed by atoms with E-state index in [0.717, 1.165) is 49.9 Å². The Kier molecular flexibility index (Phi) is 6.15. The minimum atomic E-state index is 0.338. The maximum Gasteiger partial charge on any atom is 0.226 e. The number of nitrogens with zero attached hydrogens (tertiary/aromatic N) is 1. The van der Waals surface area contributed by atoms with Crippen LogP contribution in [0, 0.1) is 5.92 Å². The topological polar surface area (TPSA) is 20.3 Å². The molecule has 1 aromatic carbocycles. The van der Waals surface area contributed by atoms with Crippen molar-refractivity contribution in [3.63, 3.8) is 0 Å². The molecule has 0 saturated heterocycles. The second-order valence-corrected chi connectivity index (χ2v) is 7.89. The van der Waals surface area contributed by atoms with Crippen LogP contribution in [0.2, 0.25) is 0 Å². The molecule has 1 saturated carbocycles. The summed E-state index contributed by atoms with van der Waals surface area (Å²) in [6.45, 7) is 0.897. The molecule has 1 aliphatic carbocycles. The highest BCUT2D eigenvalue weighted by molar-refractivity contribution is 9.09. The van der Waals surface area contributed by atoms with Gasteiger partial charge in [0, 0.05) is 24.0 Å². The number of fused-ring (bicyclic) bond motifs is 1. The van der Waals surface area contributed by atoms with Crippen molar-refractivity contribution in [3.8, 4) is 0 Å². The van der Waals surface area contributed by atoms with Crippen LogP contribution in [0.1, 0.15) is 62.5 Å². The number of halogens is 1. The van der Waals surface area contributed by atoms with Gasteiger partial charge in [-0.3, -0.25) is 4.79 Å². The van der Waals surface area contributed by atoms with E-state index in [1.54, 1.807) is 0 Å². The molecule has 1 amide bonds. The summed E-state index contributed by atoms with van der Waals surface area (Å²) in [4.78, 5) is 14.8. The second-order valence-electron chi connectivity index (χ2n) is 7.09. The maximum absolute atomic E-state index is 12.7. The van der Waals surface area contributed by atoms with Gasteiger partial charge >= 0.3 is 0 Å². The molecule has 3 rings (SSSR count). The lowest BCUT2D eigenvalue weighted by atomic mass is 9.86. The molecule has 1 aliphatic heterocycles. The highest BCUT2D eigenvalue weighted by Gasteiger charge is 2.23. The molecule has 0 aromatic heterocycles. The fourth-order valence-electron chi connectivity index (χ4n) is 4.11. The Balaban J connectivity index is 1.63. The molecule has 3 heteroatoms. The Morgan fingerprint density at radius 1 is 1.17 bits per heavy atom. The van der Waals surface area contributed by atoms with Gasteiger partial charge in [0.25, 0.3) is 0 Å². The normalized spacial score (nSPS) is 18.7. The van der Waals surface area contributed by atoms with E-state index in [1.165, 1.54) is 48.9 Å². The van der Waals surface area contributed by atoms with E-state index in [2.05, 4.69) is 39.0 Å². The zero-order chi connectivity index (χ0) is 16.1. The molecule has 0 bridgehead atoms. The second kappa shape index (κ2) is 8.32. The van der Waals surface area contributed by atoms with Crippen LogP contribution in [-0.4, -0.2) is 17.8 Å². The summed E-state index contributed by atoms with van der Waals surface area (Å²) >= 11 is 3.51. The summed E-state index contributed by atoms with van der Waals surface area (Å²) in [6.07, 6.45) is 11.9. The molecule has 1 fully saturated rings. The van der Waals surface area contributed by atoms with Gasteiger partial charge in [0.05, 0.1) is 0 Å². The molecule has 2 aliphatic rings. The average molecular weight is 378 g/mol. The minimum Gasteiger partial charge on any atom is -0.312 e. The largest absolute Gasteiger partial charge is 0.312 e. The maximum atomic E-state index is 12.7. The number of aryl methyl sites for hydroxylation is 2. The SMILES string of the molecule is O=C(CCC1CCCCC1)N1CCCc2cc(CCBr)ccc21. The standard InChI is InChI=1S/C20H28BrNO/c21-13-12-17-8-10-19-18(15-17)7-4-14-22(19)20(23)11-9-16-5-2-1-3-6-16/h8,10,15-16H,1-7,9,11-14H2. The number of hydrogen-bond acceptors (Lipinski definition) is 1. The molecule has 0 unspecified atom stereocenters. The Labute approximate surface area is 148 Å². The van der Waals surface area contributed by atoms with Gasteiger partial charge in [-0.1, -0.05) is 60.2 Å². The van der Waals surface area contributed by atoms with E-state index in [-0.39, 0.29) is 0 Å². The van der Waals surface area contributed by atoms with Crippen LogP contribution >= 0.6 is 15.9 Å². The first kappa shape index (κ1) is 17.0. The van der Waals surface area contributed by atoms with Crippen molar-refractivity contribution in [1.82, 2.24) is 0 Å². The number of anilines is 1. The van der Waals surface area contributed by atoms with Crippen LogP contribution in [0.5, 0.6) is 0 Å². The van der Waals surface area contributed by atoms with Crippen molar-refractivity contribution < 1.29 is 4.79 Å². The van der Waals surface area contributed by atoms with Crippen molar-refractivity contribution in [2.45, 2.75) is 64.2 Å². The predicted molar refractivity (Wildman–Crippen MR) is 100 cm³/mol. The lowest BCUT2D eigenvalue weighted by molar-refractivity contribution is -0.119. The summed E-state index contributed by atoms with van der Waals surface area (Å²) in [5.74, 6) is 1.13. The molecular formula is C20H28BrNO. The van der Waals surface area contributed by atoms with E-state index >= 15 is 0 Å². The molecule has 1 aromatic rings. The van der Waals surface area contributed by atoms with Crippen LogP contribution in [0.25, 0.3) is 0 Å². The summed E-state index contributed by atoms with van der Waals surface area (Å²) in [6, 6.07) is 6.66. The fourth-order valence-corrected chi connectivity index (χ4v) is 4.57. The van der Waals surface area contributed by atoms with Crippen molar-refractivity contribution in [1.29, 1.82) is 0 Å². The number of alkyl halides is 1. The lowest BCUT2D eigenvalue weighted by Gasteiger charge is -2.31. The Morgan fingerprint density at radius 2 is 2.00 bits per heavy atom. The highest BCUT2D eigenvalue weighted by atomic mass is 79.9. The minimum absolute atomic E-state index is 0.338. The van der Waals surface area contributed by atoms with E-state index in [1.807, 2.05) is 0 Å². The van der Waals surface area contributed by atoms with Gasteiger partial charge in [-0.05, 0) is 48.8 Å². The number of amides is 1.